The van der Waals surface area contributed by atoms with Crippen LogP contribution in [-0.2, 0) is 0 Å². The van der Waals surface area contributed by atoms with Crippen molar-refractivity contribution in [3.63, 3.8) is 0 Å². The van der Waals surface area contributed by atoms with E-state index in [1.807, 2.05) is 25.3 Å². The second kappa shape index (κ2) is 6.72. The van der Waals surface area contributed by atoms with Crippen LogP contribution in [0.15, 0.2) is 11.4 Å². The van der Waals surface area contributed by atoms with E-state index in [1.165, 1.54) is 16.2 Å². The van der Waals surface area contributed by atoms with Gasteiger partial charge in [-0.15, -0.1) is 11.3 Å². The maximum atomic E-state index is 12.7. The zero-order valence-corrected chi connectivity index (χ0v) is 12.3. The summed E-state index contributed by atoms with van der Waals surface area (Å²) in [5.41, 5.74) is 6.95. The van der Waals surface area contributed by atoms with E-state index < -0.39 is 12.7 Å². The third kappa shape index (κ3) is 4.78. The minimum absolute atomic E-state index is 0.341. The molecule has 0 aliphatic rings. The van der Waals surface area contributed by atoms with Crippen molar-refractivity contribution in [1.29, 1.82) is 0 Å². The largest absolute Gasteiger partial charge is 0.401 e. The Morgan fingerprint density at radius 1 is 1.42 bits per heavy atom. The van der Waals surface area contributed by atoms with Crippen molar-refractivity contribution < 1.29 is 13.2 Å². The minimum atomic E-state index is -4.20. The summed E-state index contributed by atoms with van der Waals surface area (Å²) in [4.78, 5) is 2.39. The predicted molar refractivity (Wildman–Crippen MR) is 73.4 cm³/mol. The summed E-state index contributed by atoms with van der Waals surface area (Å²) in [6.45, 7) is 5.04. The molecule has 0 aliphatic heterocycles. The summed E-state index contributed by atoms with van der Waals surface area (Å²) in [5.74, 6) is 0. The van der Waals surface area contributed by atoms with Crippen molar-refractivity contribution in [1.82, 2.24) is 4.90 Å². The van der Waals surface area contributed by atoms with Crippen molar-refractivity contribution in [3.05, 3.63) is 21.9 Å². The monoisotopic (exact) mass is 294 g/mol. The number of halogens is 3. The van der Waals surface area contributed by atoms with Crippen LogP contribution >= 0.6 is 11.3 Å². The topological polar surface area (TPSA) is 29.3 Å². The van der Waals surface area contributed by atoms with Gasteiger partial charge >= 0.3 is 6.18 Å². The first kappa shape index (κ1) is 16.5. The molecule has 0 aromatic carbocycles. The van der Waals surface area contributed by atoms with Gasteiger partial charge < -0.3 is 5.73 Å². The van der Waals surface area contributed by atoms with Crippen molar-refractivity contribution in [2.24, 2.45) is 5.73 Å². The van der Waals surface area contributed by atoms with Crippen molar-refractivity contribution >= 4 is 11.3 Å². The van der Waals surface area contributed by atoms with E-state index in [4.69, 9.17) is 5.73 Å². The summed E-state index contributed by atoms with van der Waals surface area (Å²) >= 11 is 1.48. The van der Waals surface area contributed by atoms with Crippen molar-refractivity contribution in [2.45, 2.75) is 45.5 Å². The van der Waals surface area contributed by atoms with Crippen LogP contribution in [-0.4, -0.2) is 30.2 Å². The van der Waals surface area contributed by atoms with E-state index in [2.05, 4.69) is 0 Å². The lowest BCUT2D eigenvalue weighted by Gasteiger charge is -2.34. The fourth-order valence-electron chi connectivity index (χ4n) is 2.26. The molecule has 0 spiro atoms. The Morgan fingerprint density at radius 3 is 2.42 bits per heavy atom. The third-order valence-corrected chi connectivity index (χ3v) is 4.04. The van der Waals surface area contributed by atoms with Gasteiger partial charge in [-0.25, -0.2) is 0 Å². The van der Waals surface area contributed by atoms with Crippen LogP contribution in [0.25, 0.3) is 0 Å². The summed E-state index contributed by atoms with van der Waals surface area (Å²) in [6.07, 6.45) is -3.53. The zero-order valence-electron chi connectivity index (χ0n) is 11.5. The van der Waals surface area contributed by atoms with E-state index in [1.54, 1.807) is 6.92 Å². The first-order valence-electron chi connectivity index (χ1n) is 6.36. The summed E-state index contributed by atoms with van der Waals surface area (Å²) in [6, 6.07) is 1.21. The van der Waals surface area contributed by atoms with Crippen molar-refractivity contribution in [3.8, 4) is 0 Å². The number of hydrogen-bond donors (Lipinski definition) is 1. The highest BCUT2D eigenvalue weighted by atomic mass is 32.1. The average molecular weight is 294 g/mol. The Morgan fingerprint density at radius 2 is 2.05 bits per heavy atom. The van der Waals surface area contributed by atoms with Crippen LogP contribution in [0.5, 0.6) is 0 Å². The minimum Gasteiger partial charge on any atom is -0.326 e. The Labute approximate surface area is 116 Å². The molecule has 0 saturated heterocycles. The molecule has 6 heteroatoms. The van der Waals surface area contributed by atoms with Crippen LogP contribution in [0.2, 0.25) is 0 Å². The maximum absolute atomic E-state index is 12.7. The molecule has 0 amide bonds. The second-order valence-electron chi connectivity index (χ2n) is 4.86. The Hall–Kier alpha value is -0.590. The number of nitrogens with two attached hydrogens (primary N) is 1. The molecular weight excluding hydrogens is 273 g/mol. The van der Waals surface area contributed by atoms with Gasteiger partial charge in [0.15, 0.2) is 0 Å². The molecule has 2 unspecified atom stereocenters. The van der Waals surface area contributed by atoms with E-state index in [9.17, 15) is 13.2 Å². The number of alkyl halides is 3. The molecule has 1 aromatic heterocycles. The molecule has 0 aliphatic carbocycles. The molecule has 2 nitrogen and oxygen atoms in total. The van der Waals surface area contributed by atoms with Gasteiger partial charge in [-0.05, 0) is 43.8 Å². The Bertz CT molecular complexity index is 387. The standard InChI is InChI=1S/C13H21F3N2S/c1-4-6-18(8-13(14,15)16)11(10(3)17)12-9(2)5-7-19-12/h5,7,10-11H,4,6,8,17H2,1-3H3. The Balaban J connectivity index is 3.03. The zero-order chi connectivity index (χ0) is 14.6. The normalized spacial score (nSPS) is 15.8. The highest BCUT2D eigenvalue weighted by Crippen LogP contribution is 2.33. The summed E-state index contributed by atoms with van der Waals surface area (Å²) < 4.78 is 38.1. The SMILES string of the molecule is CCCN(CC(F)(F)F)C(c1sccc1C)C(C)N. The lowest BCUT2D eigenvalue weighted by molar-refractivity contribution is -0.151. The van der Waals surface area contributed by atoms with Gasteiger partial charge in [0.25, 0.3) is 0 Å². The van der Waals surface area contributed by atoms with Gasteiger partial charge in [0.05, 0.1) is 12.6 Å². The van der Waals surface area contributed by atoms with Gasteiger partial charge in [0.1, 0.15) is 0 Å². The summed E-state index contributed by atoms with van der Waals surface area (Å²) in [7, 11) is 0. The number of thiophene rings is 1. The molecule has 2 N–H and O–H groups in total. The first-order valence-corrected chi connectivity index (χ1v) is 7.24. The van der Waals surface area contributed by atoms with E-state index in [0.717, 1.165) is 10.4 Å². The average Bonchev–Trinajstić information content (AvgIpc) is 2.62. The maximum Gasteiger partial charge on any atom is 0.401 e. The van der Waals surface area contributed by atoms with Gasteiger partial charge in [0.2, 0.25) is 0 Å². The Kier molecular flexibility index (Phi) is 5.82. The molecule has 1 rings (SSSR count). The van der Waals surface area contributed by atoms with Crippen LogP contribution in [0, 0.1) is 6.92 Å². The number of hydrogen-bond acceptors (Lipinski definition) is 3. The molecule has 2 atom stereocenters. The molecular formula is C13H21F3N2S. The summed E-state index contributed by atoms with van der Waals surface area (Å²) in [5, 5.41) is 1.90. The first-order chi connectivity index (χ1) is 8.76. The lowest BCUT2D eigenvalue weighted by atomic mass is 10.0. The molecule has 1 aromatic rings. The van der Waals surface area contributed by atoms with Crippen LogP contribution in [0.1, 0.15) is 36.8 Å². The van der Waals surface area contributed by atoms with E-state index in [-0.39, 0.29) is 12.1 Å². The second-order valence-corrected chi connectivity index (χ2v) is 5.81. The van der Waals surface area contributed by atoms with Gasteiger partial charge in [-0.2, -0.15) is 13.2 Å². The number of rotatable bonds is 6. The highest BCUT2D eigenvalue weighted by molar-refractivity contribution is 7.10. The number of nitrogens with zero attached hydrogens (tertiary/aromatic N) is 1. The molecule has 0 saturated carbocycles. The molecule has 0 fully saturated rings. The van der Waals surface area contributed by atoms with Crippen LogP contribution in [0.4, 0.5) is 13.2 Å². The lowest BCUT2D eigenvalue weighted by Crippen LogP contribution is -2.44. The van der Waals surface area contributed by atoms with E-state index >= 15 is 0 Å². The van der Waals surface area contributed by atoms with Gasteiger partial charge in [-0.1, -0.05) is 6.92 Å². The molecule has 110 valence electrons. The van der Waals surface area contributed by atoms with Crippen molar-refractivity contribution in [2.75, 3.05) is 13.1 Å². The fourth-order valence-corrected chi connectivity index (χ4v) is 3.43. The third-order valence-electron chi connectivity index (χ3n) is 2.95. The molecule has 0 radical (unpaired) electrons. The van der Waals surface area contributed by atoms with Crippen LogP contribution in [0.3, 0.4) is 0 Å². The quantitative estimate of drug-likeness (QED) is 0.866. The smallest absolute Gasteiger partial charge is 0.326 e. The molecule has 1 heterocycles. The molecule has 0 bridgehead atoms. The van der Waals surface area contributed by atoms with E-state index in [0.29, 0.717) is 13.0 Å². The highest BCUT2D eigenvalue weighted by Gasteiger charge is 2.36. The van der Waals surface area contributed by atoms with Gasteiger partial charge in [-0.3, -0.25) is 4.90 Å². The predicted octanol–water partition coefficient (Wildman–Crippen LogP) is 3.72. The number of aryl methyl sites for hydroxylation is 1. The molecule has 19 heavy (non-hydrogen) atoms. The fraction of sp³-hybridized carbons (Fsp3) is 0.692. The van der Waals surface area contributed by atoms with Crippen LogP contribution < -0.4 is 5.73 Å². The van der Waals surface area contributed by atoms with Gasteiger partial charge in [0, 0.05) is 10.9 Å².